The normalized spacial score (nSPS) is 11.0. The number of nitrogens with one attached hydrogen (secondary N) is 1. The minimum atomic E-state index is -4.06. The average molecular weight is 399 g/mol. The molecule has 0 fully saturated rings. The van der Waals surface area contributed by atoms with Crippen molar-refractivity contribution in [1.29, 1.82) is 0 Å². The van der Waals surface area contributed by atoms with Crippen molar-refractivity contribution < 1.29 is 22.9 Å². The van der Waals surface area contributed by atoms with Gasteiger partial charge >= 0.3 is 5.97 Å². The Kier molecular flexibility index (Phi) is 6.17. The Labute approximate surface area is 154 Å². The van der Waals surface area contributed by atoms with Crippen LogP contribution in [-0.2, 0) is 14.8 Å². The molecule has 0 aliphatic carbocycles. The summed E-state index contributed by atoms with van der Waals surface area (Å²) >= 11 is 5.68. The van der Waals surface area contributed by atoms with Crippen LogP contribution < -0.4 is 4.72 Å². The number of esters is 1. The number of benzene rings is 2. The third kappa shape index (κ3) is 4.70. The molecule has 0 saturated carbocycles. The molecule has 0 heterocycles. The zero-order chi connectivity index (χ0) is 19.3. The predicted molar refractivity (Wildman–Crippen MR) is 95.9 cm³/mol. The molecule has 0 radical (unpaired) electrons. The number of nitro benzene ring substituents is 1. The van der Waals surface area contributed by atoms with Crippen LogP contribution in [0.15, 0.2) is 47.4 Å². The van der Waals surface area contributed by atoms with Crippen LogP contribution in [0.1, 0.15) is 23.7 Å². The molecule has 138 valence electrons. The number of nitrogens with zero attached hydrogens (tertiary/aromatic N) is 1. The highest BCUT2D eigenvalue weighted by Gasteiger charge is 2.21. The molecular formula is C16H15ClN2O6S. The van der Waals surface area contributed by atoms with Crippen molar-refractivity contribution in [2.75, 3.05) is 11.3 Å². The molecule has 0 aliphatic rings. The summed E-state index contributed by atoms with van der Waals surface area (Å²) in [5.41, 5.74) is -0.0401. The number of rotatable bonds is 7. The molecule has 2 aromatic carbocycles. The molecule has 0 saturated heterocycles. The molecule has 1 N–H and O–H groups in total. The van der Waals surface area contributed by atoms with Gasteiger partial charge in [0.2, 0.25) is 0 Å². The molecule has 0 aromatic heterocycles. The van der Waals surface area contributed by atoms with Gasteiger partial charge in [-0.1, -0.05) is 18.5 Å². The van der Waals surface area contributed by atoms with Crippen molar-refractivity contribution in [3.8, 4) is 0 Å². The van der Waals surface area contributed by atoms with Gasteiger partial charge in [0.05, 0.1) is 22.0 Å². The highest BCUT2D eigenvalue weighted by Crippen LogP contribution is 2.28. The maximum absolute atomic E-state index is 12.4. The van der Waals surface area contributed by atoms with E-state index in [-0.39, 0.29) is 21.2 Å². The van der Waals surface area contributed by atoms with E-state index in [1.165, 1.54) is 24.3 Å². The van der Waals surface area contributed by atoms with Crippen LogP contribution in [0, 0.1) is 10.1 Å². The number of halogens is 1. The van der Waals surface area contributed by atoms with E-state index in [4.69, 9.17) is 16.3 Å². The Hall–Kier alpha value is -2.65. The standard InChI is InChI=1S/C16H15ClN2O6S/c1-2-9-25-16(20)11-3-5-12(6-4-11)18-26(23,24)13-7-8-14(17)15(10-13)19(21)22/h3-8,10,18H,2,9H2,1H3. The third-order valence-electron chi connectivity index (χ3n) is 3.23. The molecule has 0 spiro atoms. The van der Waals surface area contributed by atoms with Crippen molar-refractivity contribution in [2.45, 2.75) is 18.2 Å². The zero-order valence-corrected chi connectivity index (χ0v) is 15.2. The monoisotopic (exact) mass is 398 g/mol. The summed E-state index contributed by atoms with van der Waals surface area (Å²) in [6, 6.07) is 8.80. The Bertz CT molecular complexity index is 928. The van der Waals surface area contributed by atoms with Crippen molar-refractivity contribution in [2.24, 2.45) is 0 Å². The summed E-state index contributed by atoms with van der Waals surface area (Å²) in [7, 11) is -4.06. The number of carbonyl (C=O) groups excluding carboxylic acids is 1. The van der Waals surface area contributed by atoms with Crippen molar-refractivity contribution in [3.05, 3.63) is 63.2 Å². The lowest BCUT2D eigenvalue weighted by Crippen LogP contribution is -2.13. The number of nitro groups is 1. The van der Waals surface area contributed by atoms with Crippen LogP contribution in [0.4, 0.5) is 11.4 Å². The maximum Gasteiger partial charge on any atom is 0.338 e. The van der Waals surface area contributed by atoms with Gasteiger partial charge in [0.1, 0.15) is 5.02 Å². The third-order valence-corrected chi connectivity index (χ3v) is 4.93. The number of hydrogen-bond donors (Lipinski definition) is 1. The quantitative estimate of drug-likeness (QED) is 0.432. The summed E-state index contributed by atoms with van der Waals surface area (Å²) in [4.78, 5) is 21.5. The number of hydrogen-bond acceptors (Lipinski definition) is 6. The molecule has 8 nitrogen and oxygen atoms in total. The van der Waals surface area contributed by atoms with Gasteiger partial charge in [-0.2, -0.15) is 0 Å². The van der Waals surface area contributed by atoms with E-state index < -0.39 is 26.6 Å². The van der Waals surface area contributed by atoms with Crippen LogP contribution >= 0.6 is 11.6 Å². The highest BCUT2D eigenvalue weighted by molar-refractivity contribution is 7.92. The molecule has 0 bridgehead atoms. The summed E-state index contributed by atoms with van der Waals surface area (Å²) in [6.45, 7) is 2.16. The Morgan fingerprint density at radius 2 is 1.88 bits per heavy atom. The number of carbonyl (C=O) groups is 1. The first kappa shape index (κ1) is 19.7. The molecule has 0 aliphatic heterocycles. The summed E-state index contributed by atoms with van der Waals surface area (Å²) in [5.74, 6) is -0.505. The van der Waals surface area contributed by atoms with Gasteiger partial charge < -0.3 is 4.74 Å². The first-order chi connectivity index (χ1) is 12.2. The minimum Gasteiger partial charge on any atom is -0.462 e. The maximum atomic E-state index is 12.4. The number of ether oxygens (including phenoxy) is 1. The Morgan fingerprint density at radius 1 is 1.23 bits per heavy atom. The van der Waals surface area contributed by atoms with Crippen LogP contribution in [0.25, 0.3) is 0 Å². The van der Waals surface area contributed by atoms with Crippen LogP contribution in [0.5, 0.6) is 0 Å². The lowest BCUT2D eigenvalue weighted by atomic mass is 10.2. The molecular weight excluding hydrogens is 384 g/mol. The summed E-state index contributed by atoms with van der Waals surface area (Å²) < 4.78 is 32.0. The first-order valence-electron chi connectivity index (χ1n) is 7.48. The van der Waals surface area contributed by atoms with Gasteiger partial charge in [-0.3, -0.25) is 14.8 Å². The second-order valence-corrected chi connectivity index (χ2v) is 7.28. The van der Waals surface area contributed by atoms with Crippen molar-refractivity contribution >= 4 is 39.0 Å². The van der Waals surface area contributed by atoms with Gasteiger partial charge in [0, 0.05) is 11.8 Å². The SMILES string of the molecule is CCCOC(=O)c1ccc(NS(=O)(=O)c2ccc(Cl)c([N+](=O)[O-])c2)cc1. The lowest BCUT2D eigenvalue weighted by Gasteiger charge is -2.09. The fourth-order valence-corrected chi connectivity index (χ4v) is 3.23. The van der Waals surface area contributed by atoms with Crippen LogP contribution in [0.3, 0.4) is 0 Å². The van der Waals surface area contributed by atoms with Gasteiger partial charge in [-0.05, 0) is 42.8 Å². The highest BCUT2D eigenvalue weighted by atomic mass is 35.5. The average Bonchev–Trinajstić information content (AvgIpc) is 2.59. The van der Waals surface area contributed by atoms with E-state index in [1.807, 2.05) is 6.92 Å². The van der Waals surface area contributed by atoms with Crippen LogP contribution in [0.2, 0.25) is 5.02 Å². The Morgan fingerprint density at radius 3 is 2.46 bits per heavy atom. The topological polar surface area (TPSA) is 116 Å². The molecule has 2 rings (SSSR count). The smallest absolute Gasteiger partial charge is 0.338 e. The zero-order valence-electron chi connectivity index (χ0n) is 13.6. The summed E-state index contributed by atoms with van der Waals surface area (Å²) in [6.07, 6.45) is 0.691. The first-order valence-corrected chi connectivity index (χ1v) is 9.34. The molecule has 2 aromatic rings. The van der Waals surface area contributed by atoms with E-state index in [0.717, 1.165) is 18.2 Å². The largest absolute Gasteiger partial charge is 0.462 e. The van der Waals surface area contributed by atoms with Gasteiger partial charge in [-0.25, -0.2) is 13.2 Å². The second kappa shape index (κ2) is 8.15. The van der Waals surface area contributed by atoms with E-state index in [1.54, 1.807) is 0 Å². The molecule has 0 atom stereocenters. The predicted octanol–water partition coefficient (Wildman–Crippen LogP) is 3.62. The van der Waals surface area contributed by atoms with Gasteiger partial charge in [0.15, 0.2) is 0 Å². The molecule has 26 heavy (non-hydrogen) atoms. The minimum absolute atomic E-state index is 0.163. The van der Waals surface area contributed by atoms with E-state index in [9.17, 15) is 23.3 Å². The van der Waals surface area contributed by atoms with E-state index in [2.05, 4.69) is 4.72 Å². The fourth-order valence-electron chi connectivity index (χ4n) is 1.97. The molecule has 0 amide bonds. The van der Waals surface area contributed by atoms with Gasteiger partial charge in [0.25, 0.3) is 15.7 Å². The lowest BCUT2D eigenvalue weighted by molar-refractivity contribution is -0.384. The van der Waals surface area contributed by atoms with E-state index >= 15 is 0 Å². The fraction of sp³-hybridized carbons (Fsp3) is 0.188. The van der Waals surface area contributed by atoms with E-state index in [0.29, 0.717) is 13.0 Å². The van der Waals surface area contributed by atoms with Crippen LogP contribution in [-0.4, -0.2) is 25.9 Å². The molecule has 10 heteroatoms. The second-order valence-electron chi connectivity index (χ2n) is 5.19. The number of anilines is 1. The van der Waals surface area contributed by atoms with Gasteiger partial charge in [-0.15, -0.1) is 0 Å². The van der Waals surface area contributed by atoms with Crippen molar-refractivity contribution in [1.82, 2.24) is 0 Å². The van der Waals surface area contributed by atoms with Crippen molar-refractivity contribution in [3.63, 3.8) is 0 Å². The Balaban J connectivity index is 2.20. The molecule has 0 unspecified atom stereocenters. The number of sulfonamides is 1. The summed E-state index contributed by atoms with van der Waals surface area (Å²) in [5, 5.41) is 10.7.